The summed E-state index contributed by atoms with van der Waals surface area (Å²) in [5.74, 6) is -1.22. The van der Waals surface area contributed by atoms with Crippen molar-refractivity contribution in [2.45, 2.75) is 33.6 Å². The minimum atomic E-state index is -1.04. The Hall–Kier alpha value is -1.43. The fourth-order valence-electron chi connectivity index (χ4n) is 1.82. The molecule has 0 bridgehead atoms. The van der Waals surface area contributed by atoms with Crippen molar-refractivity contribution in [2.24, 2.45) is 5.92 Å². The van der Waals surface area contributed by atoms with E-state index in [1.807, 2.05) is 13.8 Å². The summed E-state index contributed by atoms with van der Waals surface area (Å²) in [5.41, 5.74) is 0.574. The monoisotopic (exact) mass is 270 g/mol. The fourth-order valence-corrected chi connectivity index (χ4v) is 2.67. The van der Waals surface area contributed by atoms with Crippen molar-refractivity contribution >= 4 is 28.4 Å². The Labute approximate surface area is 111 Å². The first-order chi connectivity index (χ1) is 8.40. The van der Waals surface area contributed by atoms with E-state index in [9.17, 15) is 9.59 Å². The number of anilines is 1. The van der Waals surface area contributed by atoms with Gasteiger partial charge in [-0.2, -0.15) is 4.37 Å². The van der Waals surface area contributed by atoms with Crippen LogP contribution in [0, 0.1) is 12.8 Å². The minimum Gasteiger partial charge on any atom is -0.478 e. The topological polar surface area (TPSA) is 70.5 Å². The Morgan fingerprint density at radius 3 is 2.61 bits per heavy atom. The van der Waals surface area contributed by atoms with E-state index < -0.39 is 5.97 Å². The number of rotatable bonds is 5. The van der Waals surface area contributed by atoms with Crippen molar-refractivity contribution in [1.29, 1.82) is 0 Å². The van der Waals surface area contributed by atoms with Crippen LogP contribution in [0.15, 0.2) is 0 Å². The van der Waals surface area contributed by atoms with E-state index in [1.54, 1.807) is 14.0 Å². The molecule has 0 radical (unpaired) electrons. The lowest BCUT2D eigenvalue weighted by Gasteiger charge is -2.20. The van der Waals surface area contributed by atoms with E-state index in [0.717, 1.165) is 24.4 Å². The summed E-state index contributed by atoms with van der Waals surface area (Å²) < 4.78 is 4.01. The SMILES string of the molecule is CCCC(C)C(=O)N(C)c1snc(C)c1C(=O)O. The summed E-state index contributed by atoms with van der Waals surface area (Å²) in [6.07, 6.45) is 1.72. The summed E-state index contributed by atoms with van der Waals surface area (Å²) in [4.78, 5) is 24.7. The predicted molar refractivity (Wildman–Crippen MR) is 71.3 cm³/mol. The predicted octanol–water partition coefficient (Wildman–Crippen LogP) is 2.55. The number of hydrogen-bond donors (Lipinski definition) is 1. The van der Waals surface area contributed by atoms with Gasteiger partial charge in [0.05, 0.1) is 5.69 Å². The summed E-state index contributed by atoms with van der Waals surface area (Å²) in [5, 5.41) is 9.55. The molecular formula is C12H18N2O3S. The van der Waals surface area contributed by atoms with Crippen molar-refractivity contribution < 1.29 is 14.7 Å². The van der Waals surface area contributed by atoms with Gasteiger partial charge >= 0.3 is 5.97 Å². The third kappa shape index (κ3) is 2.87. The highest BCUT2D eigenvalue weighted by Crippen LogP contribution is 2.29. The molecule has 0 spiro atoms. The zero-order valence-corrected chi connectivity index (χ0v) is 11.9. The van der Waals surface area contributed by atoms with E-state index in [0.29, 0.717) is 10.7 Å². The van der Waals surface area contributed by atoms with E-state index in [1.165, 1.54) is 4.90 Å². The van der Waals surface area contributed by atoms with Gasteiger partial charge in [-0.25, -0.2) is 4.79 Å². The third-order valence-electron chi connectivity index (χ3n) is 2.84. The van der Waals surface area contributed by atoms with Gasteiger partial charge in [0, 0.05) is 13.0 Å². The van der Waals surface area contributed by atoms with Gasteiger partial charge in [0.2, 0.25) is 5.91 Å². The van der Waals surface area contributed by atoms with Gasteiger partial charge in [0.1, 0.15) is 10.6 Å². The Balaban J connectivity index is 3.00. The average Bonchev–Trinajstić information content (AvgIpc) is 2.69. The van der Waals surface area contributed by atoms with Crippen LogP contribution < -0.4 is 4.90 Å². The first-order valence-corrected chi connectivity index (χ1v) is 6.64. The largest absolute Gasteiger partial charge is 0.478 e. The van der Waals surface area contributed by atoms with E-state index in [4.69, 9.17) is 5.11 Å². The molecule has 5 nitrogen and oxygen atoms in total. The molecule has 1 N–H and O–H groups in total. The van der Waals surface area contributed by atoms with E-state index in [-0.39, 0.29) is 17.4 Å². The van der Waals surface area contributed by atoms with Gasteiger partial charge in [-0.05, 0) is 24.9 Å². The van der Waals surface area contributed by atoms with Gasteiger partial charge in [-0.3, -0.25) is 4.79 Å². The number of aryl methyl sites for hydroxylation is 1. The van der Waals surface area contributed by atoms with E-state index >= 15 is 0 Å². The van der Waals surface area contributed by atoms with Crippen LogP contribution in [0.3, 0.4) is 0 Å². The number of carbonyl (C=O) groups excluding carboxylic acids is 1. The van der Waals surface area contributed by atoms with Crippen molar-refractivity contribution in [3.05, 3.63) is 11.3 Å². The summed E-state index contributed by atoms with van der Waals surface area (Å²) >= 11 is 1.05. The highest BCUT2D eigenvalue weighted by molar-refractivity contribution is 7.11. The van der Waals surface area contributed by atoms with Gasteiger partial charge in [-0.15, -0.1) is 0 Å². The van der Waals surface area contributed by atoms with Crippen molar-refractivity contribution in [3.8, 4) is 0 Å². The Kier molecular flexibility index (Phi) is 4.84. The quantitative estimate of drug-likeness (QED) is 0.892. The number of amides is 1. The lowest BCUT2D eigenvalue weighted by Crippen LogP contribution is -2.32. The molecule has 100 valence electrons. The average molecular weight is 270 g/mol. The van der Waals surface area contributed by atoms with Crippen molar-refractivity contribution in [1.82, 2.24) is 4.37 Å². The number of aromatic nitrogens is 1. The molecule has 1 rings (SSSR count). The Bertz CT molecular complexity index is 456. The highest BCUT2D eigenvalue weighted by atomic mass is 32.1. The summed E-state index contributed by atoms with van der Waals surface area (Å²) in [7, 11) is 1.61. The molecule has 1 unspecified atom stereocenters. The van der Waals surface area contributed by atoms with Gasteiger partial charge in [-0.1, -0.05) is 20.3 Å². The number of nitrogens with zero attached hydrogens (tertiary/aromatic N) is 2. The van der Waals surface area contributed by atoms with Crippen LogP contribution >= 0.6 is 11.5 Å². The molecule has 6 heteroatoms. The van der Waals surface area contributed by atoms with Gasteiger partial charge < -0.3 is 10.0 Å². The molecule has 1 amide bonds. The first-order valence-electron chi connectivity index (χ1n) is 5.87. The minimum absolute atomic E-state index is 0.0667. The molecular weight excluding hydrogens is 252 g/mol. The molecule has 1 aromatic heterocycles. The van der Waals surface area contributed by atoms with Crippen LogP contribution in [0.1, 0.15) is 42.7 Å². The van der Waals surface area contributed by atoms with Gasteiger partial charge in [0.25, 0.3) is 0 Å². The second kappa shape index (κ2) is 5.95. The van der Waals surface area contributed by atoms with Crippen LogP contribution in [0.4, 0.5) is 5.00 Å². The smallest absolute Gasteiger partial charge is 0.340 e. The second-order valence-corrected chi connectivity index (χ2v) is 5.09. The van der Waals surface area contributed by atoms with Crippen LogP contribution in [0.25, 0.3) is 0 Å². The number of carbonyl (C=O) groups is 2. The van der Waals surface area contributed by atoms with Crippen molar-refractivity contribution in [2.75, 3.05) is 11.9 Å². The Morgan fingerprint density at radius 2 is 2.11 bits per heavy atom. The molecule has 18 heavy (non-hydrogen) atoms. The molecule has 0 aliphatic heterocycles. The van der Waals surface area contributed by atoms with Gasteiger partial charge in [0.15, 0.2) is 0 Å². The maximum Gasteiger partial charge on any atom is 0.340 e. The Morgan fingerprint density at radius 1 is 1.50 bits per heavy atom. The standard InChI is InChI=1S/C12H18N2O3S/c1-5-6-7(2)10(15)14(4)11-9(12(16)17)8(3)13-18-11/h7H,5-6H2,1-4H3,(H,16,17). The molecule has 0 saturated carbocycles. The lowest BCUT2D eigenvalue weighted by atomic mass is 10.0. The molecule has 1 atom stereocenters. The van der Waals surface area contributed by atoms with Crippen LogP contribution in [0.2, 0.25) is 0 Å². The normalized spacial score (nSPS) is 12.2. The molecule has 0 aliphatic carbocycles. The van der Waals surface area contributed by atoms with Crippen molar-refractivity contribution in [3.63, 3.8) is 0 Å². The summed E-state index contributed by atoms with van der Waals surface area (Å²) in [6.45, 7) is 5.51. The fraction of sp³-hybridized carbons (Fsp3) is 0.583. The number of aromatic carboxylic acids is 1. The first kappa shape index (κ1) is 14.6. The lowest BCUT2D eigenvalue weighted by molar-refractivity contribution is -0.121. The molecule has 0 saturated heterocycles. The molecule has 1 heterocycles. The van der Waals surface area contributed by atoms with Crippen LogP contribution in [0.5, 0.6) is 0 Å². The molecule has 0 aromatic carbocycles. The second-order valence-electron chi connectivity index (χ2n) is 4.34. The molecule has 0 fully saturated rings. The summed E-state index contributed by atoms with van der Waals surface area (Å²) in [6, 6.07) is 0. The van der Waals surface area contributed by atoms with E-state index in [2.05, 4.69) is 4.37 Å². The molecule has 0 aliphatic rings. The maximum atomic E-state index is 12.1. The number of hydrogen-bond acceptors (Lipinski definition) is 4. The zero-order chi connectivity index (χ0) is 13.9. The third-order valence-corrected chi connectivity index (χ3v) is 3.85. The maximum absolute atomic E-state index is 12.1. The molecule has 1 aromatic rings. The van der Waals surface area contributed by atoms with Crippen LogP contribution in [-0.4, -0.2) is 28.4 Å². The number of carboxylic acids is 1. The zero-order valence-electron chi connectivity index (χ0n) is 11.1. The van der Waals surface area contributed by atoms with Crippen LogP contribution in [-0.2, 0) is 4.79 Å². The highest BCUT2D eigenvalue weighted by Gasteiger charge is 2.26. The number of carboxylic acid groups (broad SMARTS) is 1.